The summed E-state index contributed by atoms with van der Waals surface area (Å²) in [6.07, 6.45) is 1.82. The van der Waals surface area contributed by atoms with Crippen molar-refractivity contribution >= 4 is 0 Å². The lowest BCUT2D eigenvalue weighted by Gasteiger charge is -2.36. The van der Waals surface area contributed by atoms with E-state index in [2.05, 4.69) is 15.2 Å². The molecule has 2 heterocycles. The maximum absolute atomic E-state index is 13.1. The molecule has 3 nitrogen and oxygen atoms in total. The number of nitrogens with zero attached hydrogens (tertiary/aromatic N) is 2. The predicted octanol–water partition coefficient (Wildman–Crippen LogP) is 2.37. The Kier molecular flexibility index (Phi) is 4.04. The zero-order valence-corrected chi connectivity index (χ0v) is 11.3. The second-order valence-corrected chi connectivity index (χ2v) is 5.06. The number of hydrogen-bond donors (Lipinski definition) is 1. The molecule has 1 aromatic heterocycles. The van der Waals surface area contributed by atoms with Gasteiger partial charge >= 0.3 is 0 Å². The molecule has 0 spiro atoms. The Morgan fingerprint density at radius 1 is 1.20 bits per heavy atom. The van der Waals surface area contributed by atoms with Gasteiger partial charge in [0.15, 0.2) is 0 Å². The van der Waals surface area contributed by atoms with E-state index < -0.39 is 0 Å². The monoisotopic (exact) mass is 271 g/mol. The molecule has 3 rings (SSSR count). The van der Waals surface area contributed by atoms with E-state index in [9.17, 15) is 4.39 Å². The average Bonchev–Trinajstić information content (AvgIpc) is 2.50. The highest BCUT2D eigenvalue weighted by molar-refractivity contribution is 5.21. The highest BCUT2D eigenvalue weighted by Gasteiger charge is 2.23. The molecule has 20 heavy (non-hydrogen) atoms. The Bertz CT molecular complexity index is 541. The Morgan fingerprint density at radius 3 is 2.80 bits per heavy atom. The van der Waals surface area contributed by atoms with Gasteiger partial charge in [0.05, 0.1) is 5.69 Å². The predicted molar refractivity (Wildman–Crippen MR) is 76.7 cm³/mol. The molecule has 1 aromatic carbocycles. The van der Waals surface area contributed by atoms with Gasteiger partial charge in [-0.2, -0.15) is 0 Å². The summed E-state index contributed by atoms with van der Waals surface area (Å²) in [5.74, 6) is -0.186. The Morgan fingerprint density at radius 2 is 2.05 bits per heavy atom. The van der Waals surface area contributed by atoms with Crippen molar-refractivity contribution in [2.75, 3.05) is 19.6 Å². The maximum atomic E-state index is 13.1. The van der Waals surface area contributed by atoms with Gasteiger partial charge in [-0.25, -0.2) is 4.39 Å². The van der Waals surface area contributed by atoms with E-state index in [1.165, 1.54) is 12.1 Å². The molecular weight excluding hydrogens is 253 g/mol. The molecule has 4 heteroatoms. The minimum absolute atomic E-state index is 0.186. The minimum atomic E-state index is -0.186. The van der Waals surface area contributed by atoms with E-state index >= 15 is 0 Å². The van der Waals surface area contributed by atoms with Gasteiger partial charge in [0.2, 0.25) is 0 Å². The standard InChI is InChI=1S/C16H18FN3/c17-14-6-4-13(5-7-14)16-11-18-9-10-20(16)12-15-3-1-2-8-19-15/h1-8,16,18H,9-12H2. The van der Waals surface area contributed by atoms with Crippen LogP contribution in [-0.4, -0.2) is 29.5 Å². The number of halogens is 1. The summed E-state index contributed by atoms with van der Waals surface area (Å²) in [5, 5.41) is 3.41. The molecule has 1 N–H and O–H groups in total. The van der Waals surface area contributed by atoms with Crippen LogP contribution in [0.2, 0.25) is 0 Å². The molecule has 0 amide bonds. The highest BCUT2D eigenvalue weighted by Crippen LogP contribution is 2.23. The Labute approximate surface area is 118 Å². The van der Waals surface area contributed by atoms with Crippen LogP contribution in [0.15, 0.2) is 48.7 Å². The fourth-order valence-electron chi connectivity index (χ4n) is 2.65. The highest BCUT2D eigenvalue weighted by atomic mass is 19.1. The molecule has 0 aliphatic carbocycles. The number of benzene rings is 1. The first-order valence-corrected chi connectivity index (χ1v) is 6.93. The largest absolute Gasteiger partial charge is 0.314 e. The number of rotatable bonds is 3. The zero-order chi connectivity index (χ0) is 13.8. The molecule has 2 aromatic rings. The zero-order valence-electron chi connectivity index (χ0n) is 11.3. The first kappa shape index (κ1) is 13.2. The number of piperazine rings is 1. The van der Waals surface area contributed by atoms with Gasteiger partial charge in [0.25, 0.3) is 0 Å². The summed E-state index contributed by atoms with van der Waals surface area (Å²) < 4.78 is 13.1. The van der Waals surface area contributed by atoms with Crippen molar-refractivity contribution in [3.63, 3.8) is 0 Å². The lowest BCUT2D eigenvalue weighted by Crippen LogP contribution is -2.45. The molecule has 104 valence electrons. The van der Waals surface area contributed by atoms with Gasteiger partial charge in [-0.05, 0) is 29.8 Å². The fourth-order valence-corrected chi connectivity index (χ4v) is 2.65. The molecule has 1 saturated heterocycles. The van der Waals surface area contributed by atoms with Crippen LogP contribution in [0.4, 0.5) is 4.39 Å². The summed E-state index contributed by atoms with van der Waals surface area (Å²) in [7, 11) is 0. The number of aromatic nitrogens is 1. The van der Waals surface area contributed by atoms with Crippen molar-refractivity contribution in [1.29, 1.82) is 0 Å². The van der Waals surface area contributed by atoms with Gasteiger partial charge < -0.3 is 5.32 Å². The Hall–Kier alpha value is -1.78. The van der Waals surface area contributed by atoms with E-state index in [-0.39, 0.29) is 11.9 Å². The second kappa shape index (κ2) is 6.11. The molecule has 1 aliphatic rings. The molecule has 0 radical (unpaired) electrons. The van der Waals surface area contributed by atoms with Crippen molar-refractivity contribution in [2.24, 2.45) is 0 Å². The summed E-state index contributed by atoms with van der Waals surface area (Å²) in [6.45, 7) is 3.66. The van der Waals surface area contributed by atoms with Crippen LogP contribution in [-0.2, 0) is 6.54 Å². The normalized spacial score (nSPS) is 19.9. The molecule has 1 fully saturated rings. The third-order valence-corrected chi connectivity index (χ3v) is 3.70. The van der Waals surface area contributed by atoms with E-state index in [0.29, 0.717) is 0 Å². The molecular formula is C16H18FN3. The van der Waals surface area contributed by atoms with E-state index in [0.717, 1.165) is 37.4 Å². The molecule has 0 bridgehead atoms. The third kappa shape index (κ3) is 3.03. The van der Waals surface area contributed by atoms with Crippen LogP contribution in [0.3, 0.4) is 0 Å². The summed E-state index contributed by atoms with van der Waals surface area (Å²) in [6, 6.07) is 13.1. The second-order valence-electron chi connectivity index (χ2n) is 5.06. The van der Waals surface area contributed by atoms with Crippen molar-refractivity contribution < 1.29 is 4.39 Å². The average molecular weight is 271 g/mol. The third-order valence-electron chi connectivity index (χ3n) is 3.70. The lowest BCUT2D eigenvalue weighted by molar-refractivity contribution is 0.152. The fraction of sp³-hybridized carbons (Fsp3) is 0.312. The van der Waals surface area contributed by atoms with Crippen LogP contribution in [0.1, 0.15) is 17.3 Å². The van der Waals surface area contributed by atoms with Crippen LogP contribution in [0, 0.1) is 5.82 Å². The van der Waals surface area contributed by atoms with Crippen molar-refractivity contribution in [3.8, 4) is 0 Å². The van der Waals surface area contributed by atoms with Crippen LogP contribution in [0.25, 0.3) is 0 Å². The van der Waals surface area contributed by atoms with Gasteiger partial charge in [-0.3, -0.25) is 9.88 Å². The van der Waals surface area contributed by atoms with Gasteiger partial charge in [-0.1, -0.05) is 18.2 Å². The van der Waals surface area contributed by atoms with E-state index in [1.54, 1.807) is 0 Å². The number of hydrogen-bond acceptors (Lipinski definition) is 3. The van der Waals surface area contributed by atoms with Crippen molar-refractivity contribution in [3.05, 3.63) is 65.7 Å². The van der Waals surface area contributed by atoms with E-state index in [4.69, 9.17) is 0 Å². The summed E-state index contributed by atoms with van der Waals surface area (Å²) >= 11 is 0. The quantitative estimate of drug-likeness (QED) is 0.929. The lowest BCUT2D eigenvalue weighted by atomic mass is 10.0. The van der Waals surface area contributed by atoms with Crippen LogP contribution >= 0.6 is 0 Å². The SMILES string of the molecule is Fc1ccc(C2CNCCN2Cc2ccccn2)cc1. The van der Waals surface area contributed by atoms with Gasteiger partial charge in [0, 0.05) is 38.4 Å². The maximum Gasteiger partial charge on any atom is 0.123 e. The van der Waals surface area contributed by atoms with Crippen molar-refractivity contribution in [2.45, 2.75) is 12.6 Å². The minimum Gasteiger partial charge on any atom is -0.314 e. The first-order valence-electron chi connectivity index (χ1n) is 6.93. The van der Waals surface area contributed by atoms with Crippen LogP contribution < -0.4 is 5.32 Å². The van der Waals surface area contributed by atoms with Gasteiger partial charge in [-0.15, -0.1) is 0 Å². The summed E-state index contributed by atoms with van der Waals surface area (Å²) in [4.78, 5) is 6.79. The molecule has 1 aliphatic heterocycles. The molecule has 0 saturated carbocycles. The molecule has 1 atom stereocenters. The Balaban J connectivity index is 1.78. The van der Waals surface area contributed by atoms with Crippen molar-refractivity contribution in [1.82, 2.24) is 15.2 Å². The van der Waals surface area contributed by atoms with E-state index in [1.807, 2.05) is 36.5 Å². The number of nitrogens with one attached hydrogen (secondary N) is 1. The smallest absolute Gasteiger partial charge is 0.123 e. The van der Waals surface area contributed by atoms with Crippen LogP contribution in [0.5, 0.6) is 0 Å². The summed E-state index contributed by atoms with van der Waals surface area (Å²) in [5.41, 5.74) is 2.22. The van der Waals surface area contributed by atoms with Gasteiger partial charge in [0.1, 0.15) is 5.82 Å². The molecule has 1 unspecified atom stereocenters. The number of pyridine rings is 1. The topological polar surface area (TPSA) is 28.2 Å². The first-order chi connectivity index (χ1) is 9.83.